The molecule has 2 rings (SSSR count). The quantitative estimate of drug-likeness (QED) is 0.645. The summed E-state index contributed by atoms with van der Waals surface area (Å²) in [5, 5.41) is 4.41. The van der Waals surface area contributed by atoms with Crippen LogP contribution in [0, 0.1) is 0 Å². The summed E-state index contributed by atoms with van der Waals surface area (Å²) in [5.41, 5.74) is 4.71. The molecule has 0 atom stereocenters. The number of hydrogen-bond donors (Lipinski definition) is 3. The van der Waals surface area contributed by atoms with Crippen LogP contribution < -0.4 is 21.9 Å². The second-order valence-electron chi connectivity index (χ2n) is 3.33. The van der Waals surface area contributed by atoms with Gasteiger partial charge in [0.05, 0.1) is 5.69 Å². The molecular weight excluding hydrogens is 224 g/mol. The lowest BCUT2D eigenvalue weighted by molar-refractivity contribution is 0.328. The summed E-state index contributed by atoms with van der Waals surface area (Å²) in [6.45, 7) is 0.775. The minimum absolute atomic E-state index is 0.377. The molecule has 2 aromatic rings. The number of nitrogens with two attached hydrogens (primary N) is 1. The maximum absolute atomic E-state index is 11.4. The second-order valence-corrected chi connectivity index (χ2v) is 3.33. The molecule has 0 fully saturated rings. The van der Waals surface area contributed by atoms with E-state index in [0.717, 1.165) is 4.57 Å². The molecule has 0 spiro atoms. The van der Waals surface area contributed by atoms with Crippen molar-refractivity contribution in [1.29, 1.82) is 0 Å². The number of rotatable bonds is 4. The molecule has 7 nitrogen and oxygen atoms in total. The molecule has 7 heteroatoms. The molecule has 1 aromatic heterocycles. The summed E-state index contributed by atoms with van der Waals surface area (Å²) in [5.74, 6) is 0.556. The maximum Gasteiger partial charge on any atom is 0.348 e. The third-order valence-electron chi connectivity index (χ3n) is 2.14. The monoisotopic (exact) mass is 236 g/mol. The highest BCUT2D eigenvalue weighted by molar-refractivity contribution is 5.38. The summed E-state index contributed by atoms with van der Waals surface area (Å²) in [6, 6.07) is 6.66. The lowest BCUT2D eigenvalue weighted by Gasteiger charge is -2.05. The van der Waals surface area contributed by atoms with Crippen molar-refractivity contribution < 1.29 is 4.74 Å². The summed E-state index contributed by atoms with van der Waals surface area (Å²) in [6.07, 6.45) is 0. The molecule has 17 heavy (non-hydrogen) atoms. The summed E-state index contributed by atoms with van der Waals surface area (Å²) in [4.78, 5) is 22.8. The molecule has 1 aromatic carbocycles. The number of nitrogens with zero attached hydrogens (tertiary/aromatic N) is 1. The molecule has 0 amide bonds. The van der Waals surface area contributed by atoms with Crippen molar-refractivity contribution in [3.8, 4) is 11.4 Å². The van der Waals surface area contributed by atoms with E-state index in [1.807, 2.05) is 0 Å². The van der Waals surface area contributed by atoms with Gasteiger partial charge in [0.15, 0.2) is 0 Å². The van der Waals surface area contributed by atoms with Gasteiger partial charge in [-0.3, -0.25) is 0 Å². The predicted molar refractivity (Wildman–Crippen MR) is 61.6 cm³/mol. The molecule has 0 aliphatic carbocycles. The van der Waals surface area contributed by atoms with Gasteiger partial charge in [-0.05, 0) is 12.1 Å². The van der Waals surface area contributed by atoms with Crippen LogP contribution in [0.1, 0.15) is 0 Å². The zero-order valence-electron chi connectivity index (χ0n) is 8.97. The first-order chi connectivity index (χ1) is 8.22. The van der Waals surface area contributed by atoms with E-state index in [1.54, 1.807) is 24.3 Å². The van der Waals surface area contributed by atoms with E-state index in [-0.39, 0.29) is 0 Å². The lowest BCUT2D eigenvalue weighted by atomic mass is 10.3. The van der Waals surface area contributed by atoms with Crippen LogP contribution >= 0.6 is 0 Å². The van der Waals surface area contributed by atoms with Crippen molar-refractivity contribution in [2.75, 3.05) is 13.2 Å². The van der Waals surface area contributed by atoms with E-state index >= 15 is 0 Å². The van der Waals surface area contributed by atoms with Crippen LogP contribution in [0.5, 0.6) is 5.75 Å². The molecule has 1 heterocycles. The van der Waals surface area contributed by atoms with Gasteiger partial charge in [0.2, 0.25) is 0 Å². The van der Waals surface area contributed by atoms with Gasteiger partial charge < -0.3 is 10.5 Å². The van der Waals surface area contributed by atoms with E-state index in [2.05, 4.69) is 10.2 Å². The van der Waals surface area contributed by atoms with Crippen LogP contribution in [0.15, 0.2) is 33.9 Å². The van der Waals surface area contributed by atoms with E-state index in [0.29, 0.717) is 24.6 Å². The van der Waals surface area contributed by atoms with Crippen molar-refractivity contribution in [3.63, 3.8) is 0 Å². The molecule has 0 aliphatic heterocycles. The Balaban J connectivity index is 2.40. The predicted octanol–water partition coefficient (Wildman–Crippen LogP) is -0.809. The molecule has 0 bridgehead atoms. The maximum atomic E-state index is 11.4. The van der Waals surface area contributed by atoms with Gasteiger partial charge in [0, 0.05) is 12.6 Å². The van der Waals surface area contributed by atoms with Crippen LogP contribution in [0.25, 0.3) is 5.69 Å². The largest absolute Gasteiger partial charge is 0.492 e. The number of aromatic nitrogens is 3. The Morgan fingerprint density at radius 2 is 1.94 bits per heavy atom. The SMILES string of the molecule is NCCOc1cccc(-n2c(=O)[nH][nH]c2=O)c1. The van der Waals surface area contributed by atoms with Gasteiger partial charge in [-0.15, -0.1) is 0 Å². The van der Waals surface area contributed by atoms with Gasteiger partial charge in [-0.1, -0.05) is 6.07 Å². The molecule has 4 N–H and O–H groups in total. The number of ether oxygens (including phenoxy) is 1. The third-order valence-corrected chi connectivity index (χ3v) is 2.14. The minimum atomic E-state index is -0.522. The first kappa shape index (κ1) is 11.2. The highest BCUT2D eigenvalue weighted by Crippen LogP contribution is 2.14. The standard InChI is InChI=1S/C10H12N4O3/c11-4-5-17-8-3-1-2-7(6-8)14-9(15)12-13-10(14)16/h1-3,6H,4-5,11H2,(H,12,15)(H,13,16). The van der Waals surface area contributed by atoms with Gasteiger partial charge in [-0.25, -0.2) is 24.4 Å². The molecular formula is C10H12N4O3. The van der Waals surface area contributed by atoms with E-state index < -0.39 is 11.4 Å². The van der Waals surface area contributed by atoms with Crippen molar-refractivity contribution in [2.24, 2.45) is 5.73 Å². The zero-order valence-corrected chi connectivity index (χ0v) is 8.97. The number of benzene rings is 1. The Labute approximate surface area is 95.8 Å². The van der Waals surface area contributed by atoms with Crippen LogP contribution in [-0.4, -0.2) is 27.9 Å². The van der Waals surface area contributed by atoms with Gasteiger partial charge >= 0.3 is 11.4 Å². The molecule has 0 saturated heterocycles. The van der Waals surface area contributed by atoms with Crippen molar-refractivity contribution >= 4 is 0 Å². The fourth-order valence-corrected chi connectivity index (χ4v) is 1.43. The number of H-pyrrole nitrogens is 2. The lowest BCUT2D eigenvalue weighted by Crippen LogP contribution is -2.24. The first-order valence-corrected chi connectivity index (χ1v) is 5.05. The minimum Gasteiger partial charge on any atom is -0.492 e. The highest BCUT2D eigenvalue weighted by atomic mass is 16.5. The summed E-state index contributed by atoms with van der Waals surface area (Å²) in [7, 11) is 0. The summed E-state index contributed by atoms with van der Waals surface area (Å²) < 4.78 is 6.29. The van der Waals surface area contributed by atoms with Crippen molar-refractivity contribution in [2.45, 2.75) is 0 Å². The van der Waals surface area contributed by atoms with E-state index in [1.165, 1.54) is 0 Å². The van der Waals surface area contributed by atoms with Crippen LogP contribution in [0.4, 0.5) is 0 Å². The fraction of sp³-hybridized carbons (Fsp3) is 0.200. The average molecular weight is 236 g/mol. The Bertz CT molecular complexity index is 583. The Hall–Kier alpha value is -2.28. The number of nitrogens with one attached hydrogen (secondary N) is 2. The molecule has 0 radical (unpaired) electrons. The Kier molecular flexibility index (Phi) is 3.10. The fourth-order valence-electron chi connectivity index (χ4n) is 1.43. The van der Waals surface area contributed by atoms with E-state index in [9.17, 15) is 9.59 Å². The average Bonchev–Trinajstić information content (AvgIpc) is 2.67. The van der Waals surface area contributed by atoms with Crippen LogP contribution in [-0.2, 0) is 0 Å². The number of hydrogen-bond acceptors (Lipinski definition) is 4. The smallest absolute Gasteiger partial charge is 0.348 e. The zero-order chi connectivity index (χ0) is 12.3. The topological polar surface area (TPSA) is 106 Å². The summed E-state index contributed by atoms with van der Waals surface area (Å²) >= 11 is 0. The second kappa shape index (κ2) is 4.71. The molecule has 0 aliphatic rings. The highest BCUT2D eigenvalue weighted by Gasteiger charge is 2.06. The van der Waals surface area contributed by atoms with E-state index in [4.69, 9.17) is 10.5 Å². The van der Waals surface area contributed by atoms with Crippen LogP contribution in [0.2, 0.25) is 0 Å². The van der Waals surface area contributed by atoms with Gasteiger partial charge in [0.1, 0.15) is 12.4 Å². The van der Waals surface area contributed by atoms with Crippen molar-refractivity contribution in [1.82, 2.24) is 14.8 Å². The first-order valence-electron chi connectivity index (χ1n) is 5.05. The van der Waals surface area contributed by atoms with Gasteiger partial charge in [0.25, 0.3) is 0 Å². The number of aromatic amines is 2. The van der Waals surface area contributed by atoms with Crippen LogP contribution in [0.3, 0.4) is 0 Å². The van der Waals surface area contributed by atoms with Crippen molar-refractivity contribution in [3.05, 3.63) is 45.2 Å². The molecule has 0 unspecified atom stereocenters. The Morgan fingerprint density at radius 3 is 2.59 bits per heavy atom. The third kappa shape index (κ3) is 2.28. The molecule has 0 saturated carbocycles. The van der Waals surface area contributed by atoms with Gasteiger partial charge in [-0.2, -0.15) is 0 Å². The Morgan fingerprint density at radius 1 is 1.24 bits per heavy atom. The normalized spacial score (nSPS) is 10.4. The molecule has 90 valence electrons.